The van der Waals surface area contributed by atoms with Crippen LogP contribution in [0.2, 0.25) is 0 Å². The molecule has 3 rings (SSSR count). The lowest BCUT2D eigenvalue weighted by atomic mass is 9.84. The molecular formula is C31H49N3O8. The first-order valence-electron chi connectivity index (χ1n) is 14.9. The highest BCUT2D eigenvalue weighted by molar-refractivity contribution is 5.87. The average Bonchev–Trinajstić information content (AvgIpc) is 3.57. The highest BCUT2D eigenvalue weighted by Crippen LogP contribution is 2.49. The Balaban J connectivity index is 1.53. The number of nitrogens with zero attached hydrogens (tertiary/aromatic N) is 1. The van der Waals surface area contributed by atoms with Gasteiger partial charge in [-0.2, -0.15) is 0 Å². The summed E-state index contributed by atoms with van der Waals surface area (Å²) >= 11 is 0. The van der Waals surface area contributed by atoms with Gasteiger partial charge in [-0.1, -0.05) is 30.7 Å². The number of esters is 1. The molecule has 3 aliphatic rings. The fourth-order valence-electron chi connectivity index (χ4n) is 5.73. The molecule has 11 heteroatoms. The minimum atomic E-state index is -0.820. The number of hydrogen-bond donors (Lipinski definition) is 3. The summed E-state index contributed by atoms with van der Waals surface area (Å²) < 4.78 is 23.3. The summed E-state index contributed by atoms with van der Waals surface area (Å²) in [6.45, 7) is 11.0. The molecule has 3 saturated heterocycles. The van der Waals surface area contributed by atoms with Crippen LogP contribution in [-0.4, -0.2) is 96.4 Å². The molecule has 236 valence electrons. The van der Waals surface area contributed by atoms with Crippen LogP contribution >= 0.6 is 0 Å². The molecule has 10 atom stereocenters. The van der Waals surface area contributed by atoms with Crippen LogP contribution in [0.1, 0.15) is 67.2 Å². The summed E-state index contributed by atoms with van der Waals surface area (Å²) in [5, 5.41) is 15.5. The van der Waals surface area contributed by atoms with Gasteiger partial charge in [0.25, 0.3) is 0 Å². The molecule has 3 heterocycles. The van der Waals surface area contributed by atoms with Crippen LogP contribution in [0.25, 0.3) is 0 Å². The predicted octanol–water partition coefficient (Wildman–Crippen LogP) is 2.34. The number of epoxide rings is 1. The monoisotopic (exact) mass is 591 g/mol. The molecule has 0 radical (unpaired) electrons. The number of allylic oxidation sites excluding steroid dienone is 2. The Morgan fingerprint density at radius 3 is 2.48 bits per heavy atom. The minimum Gasteiger partial charge on any atom is -0.459 e. The van der Waals surface area contributed by atoms with Crippen molar-refractivity contribution in [2.45, 2.75) is 122 Å². The van der Waals surface area contributed by atoms with Crippen molar-refractivity contribution in [2.24, 2.45) is 5.92 Å². The number of hydrazine groups is 1. The molecule has 42 heavy (non-hydrogen) atoms. The van der Waals surface area contributed by atoms with E-state index < -0.39 is 29.9 Å². The number of rotatable bonds is 11. The van der Waals surface area contributed by atoms with Crippen LogP contribution in [0, 0.1) is 5.92 Å². The fourth-order valence-corrected chi connectivity index (χ4v) is 5.73. The summed E-state index contributed by atoms with van der Waals surface area (Å²) in [7, 11) is 3.35. The average molecular weight is 592 g/mol. The van der Waals surface area contributed by atoms with Crippen molar-refractivity contribution in [1.82, 2.24) is 15.8 Å². The van der Waals surface area contributed by atoms with Gasteiger partial charge in [0.1, 0.15) is 23.9 Å². The number of aliphatic hydroxyl groups excluding tert-OH is 1. The summed E-state index contributed by atoms with van der Waals surface area (Å²) in [4.78, 5) is 35.9. The fraction of sp³-hybridized carbons (Fsp3) is 0.710. The van der Waals surface area contributed by atoms with Crippen LogP contribution < -0.4 is 10.7 Å². The van der Waals surface area contributed by atoms with Crippen LogP contribution in [0.15, 0.2) is 36.0 Å². The van der Waals surface area contributed by atoms with Gasteiger partial charge in [0.05, 0.1) is 36.9 Å². The van der Waals surface area contributed by atoms with E-state index in [1.807, 2.05) is 32.9 Å². The lowest BCUT2D eigenvalue weighted by Gasteiger charge is -2.39. The second kappa shape index (κ2) is 14.7. The van der Waals surface area contributed by atoms with E-state index in [4.69, 9.17) is 18.9 Å². The first-order valence-corrected chi connectivity index (χ1v) is 14.9. The first kappa shape index (κ1) is 33.9. The van der Waals surface area contributed by atoms with E-state index in [0.717, 1.165) is 12.0 Å². The lowest BCUT2D eigenvalue weighted by Crippen LogP contribution is -2.52. The molecule has 3 aliphatic heterocycles. The SMILES string of the molecule is CNN(C)C(=O)C[C@@H]1C[C@]2(O[C@@H]2C)[C@H](O)[C@@H](/C=C/C(C)=C/C[C@@H]2O[C@H](C)[C@H](NC(=O)/C=C\[C@H](C)OC(C)=O)C[C@@H]2C)O1. The molecule has 11 nitrogen and oxygen atoms in total. The van der Waals surface area contributed by atoms with Gasteiger partial charge in [0.15, 0.2) is 0 Å². The molecule has 0 aromatic rings. The van der Waals surface area contributed by atoms with Crippen LogP contribution in [0.5, 0.6) is 0 Å². The van der Waals surface area contributed by atoms with E-state index in [-0.39, 0.29) is 54.6 Å². The minimum absolute atomic E-state index is 0.00362. The Labute approximate surface area is 249 Å². The van der Waals surface area contributed by atoms with E-state index in [9.17, 15) is 19.5 Å². The number of hydrogen-bond acceptors (Lipinski definition) is 9. The molecule has 0 bridgehead atoms. The van der Waals surface area contributed by atoms with E-state index >= 15 is 0 Å². The number of ether oxygens (including phenoxy) is 4. The van der Waals surface area contributed by atoms with Crippen LogP contribution in [0.4, 0.5) is 0 Å². The van der Waals surface area contributed by atoms with Crippen molar-refractivity contribution in [3.05, 3.63) is 36.0 Å². The van der Waals surface area contributed by atoms with Gasteiger partial charge >= 0.3 is 5.97 Å². The molecule has 2 amide bonds. The molecule has 0 saturated carbocycles. The smallest absolute Gasteiger partial charge is 0.303 e. The highest BCUT2D eigenvalue weighted by Gasteiger charge is 2.64. The Kier molecular flexibility index (Phi) is 11.9. The van der Waals surface area contributed by atoms with Gasteiger partial charge in [0, 0.05) is 33.5 Å². The van der Waals surface area contributed by atoms with Crippen LogP contribution in [-0.2, 0) is 33.3 Å². The van der Waals surface area contributed by atoms with Gasteiger partial charge < -0.3 is 29.4 Å². The zero-order valence-corrected chi connectivity index (χ0v) is 26.2. The number of nitrogens with one attached hydrogen (secondary N) is 2. The summed E-state index contributed by atoms with van der Waals surface area (Å²) in [5.74, 6) is -0.521. The molecule has 0 aromatic carbocycles. The summed E-state index contributed by atoms with van der Waals surface area (Å²) in [6.07, 6.45) is 8.46. The summed E-state index contributed by atoms with van der Waals surface area (Å²) in [5.41, 5.74) is 3.13. The Morgan fingerprint density at radius 1 is 1.17 bits per heavy atom. The Morgan fingerprint density at radius 2 is 1.86 bits per heavy atom. The standard InChI is InChI=1S/C31H49N3O8/c1-18(10-13-27-30(38)31(22(5)42-31)17-24(41-27)16-29(37)34(8)32-7)9-12-26-19(2)15-25(21(4)40-26)33-28(36)14-11-20(3)39-23(6)35/h9-11,13-14,19-22,24-27,30,32,38H,12,15-17H2,1-8H3,(H,33,36)/b13-10+,14-11-,18-9+/t19-,20-,21+,22+,24+,25+,26-,27+,30+,31+/m0/s1. The number of carbonyl (C=O) groups excluding carboxylic acids is 3. The van der Waals surface area contributed by atoms with E-state index in [1.54, 1.807) is 27.1 Å². The van der Waals surface area contributed by atoms with Crippen molar-refractivity contribution in [1.29, 1.82) is 0 Å². The van der Waals surface area contributed by atoms with Gasteiger partial charge in [0.2, 0.25) is 11.8 Å². The molecule has 3 fully saturated rings. The maximum absolute atomic E-state index is 12.5. The van der Waals surface area contributed by atoms with Crippen molar-refractivity contribution >= 4 is 17.8 Å². The molecule has 0 unspecified atom stereocenters. The second-order valence-corrected chi connectivity index (χ2v) is 11.9. The molecular weight excluding hydrogens is 542 g/mol. The third-order valence-corrected chi connectivity index (χ3v) is 8.48. The zero-order valence-electron chi connectivity index (χ0n) is 26.2. The summed E-state index contributed by atoms with van der Waals surface area (Å²) in [6, 6.07) is -0.126. The van der Waals surface area contributed by atoms with E-state index in [1.165, 1.54) is 18.0 Å². The largest absolute Gasteiger partial charge is 0.459 e. The maximum atomic E-state index is 12.5. The quantitative estimate of drug-likeness (QED) is 0.109. The van der Waals surface area contributed by atoms with E-state index in [0.29, 0.717) is 12.8 Å². The van der Waals surface area contributed by atoms with E-state index in [2.05, 4.69) is 23.7 Å². The Hall–Kier alpha value is -2.57. The van der Waals surface area contributed by atoms with Crippen molar-refractivity contribution < 1.29 is 38.4 Å². The molecule has 3 N–H and O–H groups in total. The van der Waals surface area contributed by atoms with Crippen molar-refractivity contribution in [3.8, 4) is 0 Å². The predicted molar refractivity (Wildman–Crippen MR) is 157 cm³/mol. The number of amides is 2. The van der Waals surface area contributed by atoms with Gasteiger partial charge in [-0.3, -0.25) is 19.4 Å². The number of aliphatic hydroxyl groups is 1. The lowest BCUT2D eigenvalue weighted by molar-refractivity contribution is -0.152. The topological polar surface area (TPSA) is 139 Å². The molecule has 1 spiro atoms. The second-order valence-electron chi connectivity index (χ2n) is 11.9. The Bertz CT molecular complexity index is 1060. The zero-order chi connectivity index (χ0) is 31.2. The van der Waals surface area contributed by atoms with Crippen molar-refractivity contribution in [2.75, 3.05) is 14.1 Å². The van der Waals surface area contributed by atoms with Gasteiger partial charge in [-0.25, -0.2) is 5.43 Å². The van der Waals surface area contributed by atoms with Gasteiger partial charge in [-0.15, -0.1) is 0 Å². The molecule has 0 aliphatic carbocycles. The number of carbonyl (C=O) groups is 3. The first-order chi connectivity index (χ1) is 19.7. The van der Waals surface area contributed by atoms with Crippen LogP contribution in [0.3, 0.4) is 0 Å². The maximum Gasteiger partial charge on any atom is 0.303 e. The highest BCUT2D eigenvalue weighted by atomic mass is 16.6. The third-order valence-electron chi connectivity index (χ3n) is 8.48. The van der Waals surface area contributed by atoms with Gasteiger partial charge in [-0.05, 0) is 52.5 Å². The third kappa shape index (κ3) is 8.97. The normalized spacial score (nSPS) is 35.8. The van der Waals surface area contributed by atoms with Crippen molar-refractivity contribution in [3.63, 3.8) is 0 Å². The molecule has 0 aromatic heterocycles.